The number of anilines is 3. The molecule has 0 spiro atoms. The lowest BCUT2D eigenvalue weighted by Crippen LogP contribution is -2.04. The van der Waals surface area contributed by atoms with E-state index in [-0.39, 0.29) is 0 Å². The lowest BCUT2D eigenvalue weighted by atomic mass is 10.3. The molecule has 5 heteroatoms. The number of hydrogen-bond acceptors (Lipinski definition) is 5. The first-order valence-corrected chi connectivity index (χ1v) is 7.30. The molecule has 0 aliphatic rings. The molecule has 0 unspecified atom stereocenters. The van der Waals surface area contributed by atoms with E-state index in [2.05, 4.69) is 27.5 Å². The topological polar surface area (TPSA) is 59.1 Å². The molecule has 0 fully saturated rings. The van der Waals surface area contributed by atoms with E-state index in [1.807, 2.05) is 44.3 Å². The summed E-state index contributed by atoms with van der Waals surface area (Å²) in [6.07, 6.45) is 1.88. The fourth-order valence-corrected chi connectivity index (χ4v) is 2.00. The summed E-state index contributed by atoms with van der Waals surface area (Å²) in [6, 6.07) is 9.75. The minimum atomic E-state index is 0.654. The average molecular weight is 286 g/mol. The van der Waals surface area contributed by atoms with Crippen LogP contribution in [0, 0.1) is 0 Å². The van der Waals surface area contributed by atoms with Crippen molar-refractivity contribution in [2.45, 2.75) is 26.7 Å². The molecule has 112 valence electrons. The standard InChI is InChI=1S/C16H22N4O/c1-4-7-14-19-15(17-3)11-16(20-14)18-12-8-6-9-13(10-12)21-5-2/h6,8-11H,4-5,7H2,1-3H3,(H2,17,18,19,20). The second kappa shape index (κ2) is 7.47. The van der Waals surface area contributed by atoms with Crippen LogP contribution in [0.3, 0.4) is 0 Å². The van der Waals surface area contributed by atoms with Gasteiger partial charge in [-0.3, -0.25) is 0 Å². The van der Waals surface area contributed by atoms with Gasteiger partial charge in [-0.1, -0.05) is 13.0 Å². The number of aromatic nitrogens is 2. The van der Waals surface area contributed by atoms with Crippen LogP contribution in [0.2, 0.25) is 0 Å². The second-order valence-electron chi connectivity index (χ2n) is 4.64. The maximum atomic E-state index is 5.51. The van der Waals surface area contributed by atoms with Crippen molar-refractivity contribution >= 4 is 17.3 Å². The molecule has 21 heavy (non-hydrogen) atoms. The summed E-state index contributed by atoms with van der Waals surface area (Å²) in [6.45, 7) is 4.75. The highest BCUT2D eigenvalue weighted by molar-refractivity contribution is 5.60. The molecule has 0 bridgehead atoms. The molecular formula is C16H22N4O. The van der Waals surface area contributed by atoms with Crippen molar-refractivity contribution in [2.24, 2.45) is 0 Å². The highest BCUT2D eigenvalue weighted by atomic mass is 16.5. The minimum Gasteiger partial charge on any atom is -0.494 e. The number of aryl methyl sites for hydroxylation is 1. The van der Waals surface area contributed by atoms with Crippen LogP contribution in [0.5, 0.6) is 5.75 Å². The molecule has 0 aliphatic carbocycles. The van der Waals surface area contributed by atoms with Gasteiger partial charge in [0.25, 0.3) is 0 Å². The summed E-state index contributed by atoms with van der Waals surface area (Å²) in [5.41, 5.74) is 0.948. The van der Waals surface area contributed by atoms with Crippen molar-refractivity contribution in [1.82, 2.24) is 9.97 Å². The molecule has 0 saturated carbocycles. The van der Waals surface area contributed by atoms with E-state index in [1.165, 1.54) is 0 Å². The average Bonchev–Trinajstić information content (AvgIpc) is 2.48. The van der Waals surface area contributed by atoms with Gasteiger partial charge in [-0.2, -0.15) is 0 Å². The maximum absolute atomic E-state index is 5.51. The highest BCUT2D eigenvalue weighted by Gasteiger charge is 2.04. The van der Waals surface area contributed by atoms with Crippen molar-refractivity contribution < 1.29 is 4.74 Å². The Kier molecular flexibility index (Phi) is 5.37. The molecule has 0 amide bonds. The predicted octanol–water partition coefficient (Wildman–Crippen LogP) is 3.61. The number of hydrogen-bond donors (Lipinski definition) is 2. The zero-order chi connectivity index (χ0) is 15.1. The van der Waals surface area contributed by atoms with Crippen LogP contribution in [0.1, 0.15) is 26.1 Å². The van der Waals surface area contributed by atoms with Gasteiger partial charge in [-0.15, -0.1) is 0 Å². The molecule has 2 rings (SSSR count). The fraction of sp³-hybridized carbons (Fsp3) is 0.375. The van der Waals surface area contributed by atoms with Crippen LogP contribution >= 0.6 is 0 Å². The summed E-state index contributed by atoms with van der Waals surface area (Å²) >= 11 is 0. The summed E-state index contributed by atoms with van der Waals surface area (Å²) < 4.78 is 5.51. The molecule has 2 N–H and O–H groups in total. The van der Waals surface area contributed by atoms with Crippen molar-refractivity contribution in [1.29, 1.82) is 0 Å². The monoisotopic (exact) mass is 286 g/mol. The largest absolute Gasteiger partial charge is 0.494 e. The fourth-order valence-electron chi connectivity index (χ4n) is 2.00. The lowest BCUT2D eigenvalue weighted by molar-refractivity contribution is 0.340. The Bertz CT molecular complexity index is 586. The summed E-state index contributed by atoms with van der Waals surface area (Å²) in [4.78, 5) is 8.98. The van der Waals surface area contributed by atoms with Crippen molar-refractivity contribution in [3.05, 3.63) is 36.2 Å². The molecule has 0 atom stereocenters. The van der Waals surface area contributed by atoms with Gasteiger partial charge < -0.3 is 15.4 Å². The maximum Gasteiger partial charge on any atom is 0.136 e. The van der Waals surface area contributed by atoms with E-state index >= 15 is 0 Å². The van der Waals surface area contributed by atoms with Gasteiger partial charge in [-0.05, 0) is 25.5 Å². The van der Waals surface area contributed by atoms with Crippen molar-refractivity contribution in [2.75, 3.05) is 24.3 Å². The lowest BCUT2D eigenvalue weighted by Gasteiger charge is -2.11. The number of nitrogens with one attached hydrogen (secondary N) is 2. The normalized spacial score (nSPS) is 10.2. The quantitative estimate of drug-likeness (QED) is 0.814. The van der Waals surface area contributed by atoms with E-state index in [0.29, 0.717) is 6.61 Å². The third-order valence-electron chi connectivity index (χ3n) is 2.92. The number of ether oxygens (including phenoxy) is 1. The molecule has 2 aromatic rings. The Morgan fingerprint density at radius 2 is 1.90 bits per heavy atom. The van der Waals surface area contributed by atoms with Crippen LogP contribution < -0.4 is 15.4 Å². The van der Waals surface area contributed by atoms with E-state index in [4.69, 9.17) is 4.74 Å². The van der Waals surface area contributed by atoms with Crippen LogP contribution in [-0.2, 0) is 6.42 Å². The van der Waals surface area contributed by atoms with Crippen LogP contribution in [-0.4, -0.2) is 23.6 Å². The van der Waals surface area contributed by atoms with Crippen LogP contribution in [0.25, 0.3) is 0 Å². The Hall–Kier alpha value is -2.30. The molecule has 1 aromatic carbocycles. The van der Waals surface area contributed by atoms with Crippen LogP contribution in [0.4, 0.5) is 17.3 Å². The summed E-state index contributed by atoms with van der Waals surface area (Å²) in [5, 5.41) is 6.37. The van der Waals surface area contributed by atoms with Gasteiger partial charge in [0, 0.05) is 31.3 Å². The predicted molar refractivity (Wildman–Crippen MR) is 86.5 cm³/mol. The summed E-state index contributed by atoms with van der Waals surface area (Å²) in [7, 11) is 1.86. The Labute approximate surface area is 125 Å². The number of rotatable bonds is 7. The zero-order valence-corrected chi connectivity index (χ0v) is 12.8. The number of benzene rings is 1. The minimum absolute atomic E-state index is 0.654. The van der Waals surface area contributed by atoms with Gasteiger partial charge in [0.2, 0.25) is 0 Å². The van der Waals surface area contributed by atoms with E-state index < -0.39 is 0 Å². The smallest absolute Gasteiger partial charge is 0.136 e. The zero-order valence-electron chi connectivity index (χ0n) is 12.8. The molecular weight excluding hydrogens is 264 g/mol. The summed E-state index contributed by atoms with van der Waals surface area (Å²) in [5.74, 6) is 3.29. The van der Waals surface area contributed by atoms with E-state index in [1.54, 1.807) is 0 Å². The van der Waals surface area contributed by atoms with Gasteiger partial charge in [0.05, 0.1) is 6.61 Å². The first-order chi connectivity index (χ1) is 10.2. The molecule has 5 nitrogen and oxygen atoms in total. The highest BCUT2D eigenvalue weighted by Crippen LogP contribution is 2.22. The van der Waals surface area contributed by atoms with E-state index in [9.17, 15) is 0 Å². The third kappa shape index (κ3) is 4.34. The Balaban J connectivity index is 2.21. The number of nitrogens with zero attached hydrogens (tertiary/aromatic N) is 2. The molecule has 0 radical (unpaired) electrons. The SMILES string of the molecule is CCCc1nc(NC)cc(Nc2cccc(OCC)c2)n1. The molecule has 0 saturated heterocycles. The van der Waals surface area contributed by atoms with Crippen molar-refractivity contribution in [3.63, 3.8) is 0 Å². The first-order valence-electron chi connectivity index (χ1n) is 7.30. The van der Waals surface area contributed by atoms with Crippen LogP contribution in [0.15, 0.2) is 30.3 Å². The Morgan fingerprint density at radius 3 is 2.62 bits per heavy atom. The van der Waals surface area contributed by atoms with Crippen molar-refractivity contribution in [3.8, 4) is 5.75 Å². The van der Waals surface area contributed by atoms with E-state index in [0.717, 1.165) is 41.7 Å². The Morgan fingerprint density at radius 1 is 1.10 bits per heavy atom. The molecule has 1 heterocycles. The van der Waals surface area contributed by atoms with Gasteiger partial charge in [0.1, 0.15) is 23.2 Å². The third-order valence-corrected chi connectivity index (χ3v) is 2.92. The first kappa shape index (κ1) is 15.1. The van der Waals surface area contributed by atoms with Gasteiger partial charge in [-0.25, -0.2) is 9.97 Å². The molecule has 1 aromatic heterocycles. The van der Waals surface area contributed by atoms with Gasteiger partial charge in [0.15, 0.2) is 0 Å². The molecule has 0 aliphatic heterocycles. The second-order valence-corrected chi connectivity index (χ2v) is 4.64. The van der Waals surface area contributed by atoms with Gasteiger partial charge >= 0.3 is 0 Å².